The van der Waals surface area contributed by atoms with Crippen molar-refractivity contribution in [1.82, 2.24) is 9.62 Å². The van der Waals surface area contributed by atoms with Crippen LogP contribution in [-0.2, 0) is 14.8 Å². The van der Waals surface area contributed by atoms with Crippen LogP contribution in [0.1, 0.15) is 20.3 Å². The summed E-state index contributed by atoms with van der Waals surface area (Å²) < 4.78 is 26.3. The number of amides is 3. The molecule has 0 heterocycles. The van der Waals surface area contributed by atoms with Gasteiger partial charge in [0, 0.05) is 37.4 Å². The Labute approximate surface area is 171 Å². The molecule has 0 fully saturated rings. The van der Waals surface area contributed by atoms with E-state index in [0.717, 1.165) is 0 Å². The lowest BCUT2D eigenvalue weighted by atomic mass is 10.3. The van der Waals surface area contributed by atoms with Crippen LogP contribution in [-0.4, -0.2) is 44.3 Å². The standard InChI is InChI=1S/C20H26N4O4S/c1-3-24(4-2)29(27,28)18-12-10-17(11-13-18)22-19(25)14-15-21-20(26)23-16-8-6-5-7-9-16/h5-13H,3-4,14-15H2,1-2H3,(H,22,25)(H2,21,23,26). The molecule has 2 aromatic carbocycles. The zero-order valence-corrected chi connectivity index (χ0v) is 17.3. The van der Waals surface area contributed by atoms with Crippen LogP contribution < -0.4 is 16.0 Å². The lowest BCUT2D eigenvalue weighted by molar-refractivity contribution is -0.116. The van der Waals surface area contributed by atoms with Crippen molar-refractivity contribution in [3.63, 3.8) is 0 Å². The van der Waals surface area contributed by atoms with E-state index in [1.165, 1.54) is 16.4 Å². The predicted octanol–water partition coefficient (Wildman–Crippen LogP) is 2.87. The third kappa shape index (κ3) is 6.58. The van der Waals surface area contributed by atoms with Gasteiger partial charge in [-0.2, -0.15) is 4.31 Å². The van der Waals surface area contributed by atoms with Gasteiger partial charge in [-0.15, -0.1) is 0 Å². The van der Waals surface area contributed by atoms with Crippen LogP contribution >= 0.6 is 0 Å². The second-order valence-corrected chi connectivity index (χ2v) is 8.10. The summed E-state index contributed by atoms with van der Waals surface area (Å²) in [4.78, 5) is 24.0. The molecule has 2 aromatic rings. The van der Waals surface area contributed by atoms with Crippen LogP contribution in [0.15, 0.2) is 59.5 Å². The fourth-order valence-corrected chi connectivity index (χ4v) is 4.09. The topological polar surface area (TPSA) is 108 Å². The molecular formula is C20H26N4O4S. The second-order valence-electron chi connectivity index (χ2n) is 6.16. The Morgan fingerprint density at radius 3 is 2.03 bits per heavy atom. The van der Waals surface area contributed by atoms with E-state index in [0.29, 0.717) is 24.5 Å². The van der Waals surface area contributed by atoms with Gasteiger partial charge in [-0.1, -0.05) is 32.0 Å². The third-order valence-electron chi connectivity index (χ3n) is 4.15. The van der Waals surface area contributed by atoms with Gasteiger partial charge in [0.15, 0.2) is 0 Å². The molecule has 0 bridgehead atoms. The maximum atomic E-state index is 12.5. The van der Waals surface area contributed by atoms with Crippen molar-refractivity contribution in [3.05, 3.63) is 54.6 Å². The molecule has 8 nitrogen and oxygen atoms in total. The number of urea groups is 1. The number of hydrogen-bond acceptors (Lipinski definition) is 4. The molecular weight excluding hydrogens is 392 g/mol. The zero-order chi connectivity index (χ0) is 21.3. The fourth-order valence-electron chi connectivity index (χ4n) is 2.63. The van der Waals surface area contributed by atoms with E-state index >= 15 is 0 Å². The summed E-state index contributed by atoms with van der Waals surface area (Å²) in [5.74, 6) is -0.288. The molecule has 0 saturated heterocycles. The average molecular weight is 419 g/mol. The van der Waals surface area contributed by atoms with Gasteiger partial charge < -0.3 is 16.0 Å². The molecule has 0 radical (unpaired) electrons. The van der Waals surface area contributed by atoms with Crippen molar-refractivity contribution in [2.75, 3.05) is 30.3 Å². The predicted molar refractivity (Wildman–Crippen MR) is 113 cm³/mol. The Balaban J connectivity index is 1.81. The smallest absolute Gasteiger partial charge is 0.319 e. The number of carbonyl (C=O) groups excluding carboxylic acids is 2. The first-order valence-electron chi connectivity index (χ1n) is 9.36. The summed E-state index contributed by atoms with van der Waals surface area (Å²) in [6.45, 7) is 4.51. The largest absolute Gasteiger partial charge is 0.337 e. The maximum Gasteiger partial charge on any atom is 0.319 e. The zero-order valence-electron chi connectivity index (χ0n) is 16.5. The highest BCUT2D eigenvalue weighted by Crippen LogP contribution is 2.18. The number of nitrogens with one attached hydrogen (secondary N) is 3. The van der Waals surface area contributed by atoms with Crippen molar-refractivity contribution in [3.8, 4) is 0 Å². The number of hydrogen-bond donors (Lipinski definition) is 3. The van der Waals surface area contributed by atoms with Crippen molar-refractivity contribution >= 4 is 33.3 Å². The molecule has 156 valence electrons. The molecule has 3 amide bonds. The summed E-state index contributed by atoms with van der Waals surface area (Å²) in [5.41, 5.74) is 1.15. The normalized spacial score (nSPS) is 11.1. The number of nitrogens with zero attached hydrogens (tertiary/aromatic N) is 1. The number of anilines is 2. The van der Waals surface area contributed by atoms with E-state index in [2.05, 4.69) is 16.0 Å². The highest BCUT2D eigenvalue weighted by Gasteiger charge is 2.21. The Morgan fingerprint density at radius 2 is 1.45 bits per heavy atom. The van der Waals surface area contributed by atoms with Gasteiger partial charge in [0.05, 0.1) is 4.90 Å². The molecule has 0 atom stereocenters. The van der Waals surface area contributed by atoms with Gasteiger partial charge in [-0.25, -0.2) is 13.2 Å². The van der Waals surface area contributed by atoms with Crippen LogP contribution in [0.4, 0.5) is 16.2 Å². The van der Waals surface area contributed by atoms with E-state index in [4.69, 9.17) is 0 Å². The summed E-state index contributed by atoms with van der Waals surface area (Å²) in [7, 11) is -3.53. The molecule has 0 aliphatic rings. The van der Waals surface area contributed by atoms with Gasteiger partial charge in [-0.3, -0.25) is 4.79 Å². The Hall–Kier alpha value is -2.91. The second kappa shape index (κ2) is 10.6. The van der Waals surface area contributed by atoms with Gasteiger partial charge >= 0.3 is 6.03 Å². The average Bonchev–Trinajstić information content (AvgIpc) is 2.70. The van der Waals surface area contributed by atoms with Crippen LogP contribution in [0.5, 0.6) is 0 Å². The number of sulfonamides is 1. The molecule has 9 heteroatoms. The highest BCUT2D eigenvalue weighted by molar-refractivity contribution is 7.89. The Morgan fingerprint density at radius 1 is 0.862 bits per heavy atom. The van der Waals surface area contributed by atoms with Crippen LogP contribution in [0.3, 0.4) is 0 Å². The maximum absolute atomic E-state index is 12.5. The quantitative estimate of drug-likeness (QED) is 0.582. The summed E-state index contributed by atoms with van der Waals surface area (Å²) in [6, 6.07) is 14.6. The fraction of sp³-hybridized carbons (Fsp3) is 0.300. The highest BCUT2D eigenvalue weighted by atomic mass is 32.2. The van der Waals surface area contributed by atoms with Crippen LogP contribution in [0.25, 0.3) is 0 Å². The van der Waals surface area contributed by atoms with Gasteiger partial charge in [0.25, 0.3) is 0 Å². The van der Waals surface area contributed by atoms with E-state index in [9.17, 15) is 18.0 Å². The van der Waals surface area contributed by atoms with Gasteiger partial charge in [-0.05, 0) is 36.4 Å². The Bertz CT molecular complexity index is 911. The minimum atomic E-state index is -3.53. The minimum absolute atomic E-state index is 0.0850. The monoisotopic (exact) mass is 418 g/mol. The van der Waals surface area contributed by atoms with Gasteiger partial charge in [0.2, 0.25) is 15.9 Å². The van der Waals surface area contributed by atoms with Crippen molar-refractivity contribution in [2.24, 2.45) is 0 Å². The molecule has 0 aliphatic heterocycles. The SMILES string of the molecule is CCN(CC)S(=O)(=O)c1ccc(NC(=O)CCNC(=O)Nc2ccccc2)cc1. The molecule has 3 N–H and O–H groups in total. The first-order valence-corrected chi connectivity index (χ1v) is 10.8. The molecule has 2 rings (SSSR count). The molecule has 0 saturated carbocycles. The van der Waals surface area contributed by atoms with Crippen LogP contribution in [0, 0.1) is 0 Å². The summed E-state index contributed by atoms with van der Waals surface area (Å²) in [6.07, 6.45) is 0.0850. The van der Waals surface area contributed by atoms with Crippen molar-refractivity contribution in [1.29, 1.82) is 0 Å². The van der Waals surface area contributed by atoms with E-state index in [1.54, 1.807) is 38.1 Å². The number of benzene rings is 2. The lowest BCUT2D eigenvalue weighted by Gasteiger charge is -2.18. The van der Waals surface area contributed by atoms with Crippen molar-refractivity contribution in [2.45, 2.75) is 25.2 Å². The number of carbonyl (C=O) groups is 2. The first-order chi connectivity index (χ1) is 13.9. The Kier molecular flexibility index (Phi) is 8.17. The molecule has 0 aromatic heterocycles. The van der Waals surface area contributed by atoms with Gasteiger partial charge in [0.1, 0.15) is 0 Å². The summed E-state index contributed by atoms with van der Waals surface area (Å²) >= 11 is 0. The number of rotatable bonds is 9. The molecule has 0 aliphatic carbocycles. The first kappa shape index (κ1) is 22.4. The summed E-state index contributed by atoms with van der Waals surface area (Å²) in [5, 5.41) is 7.95. The molecule has 29 heavy (non-hydrogen) atoms. The third-order valence-corrected chi connectivity index (χ3v) is 6.21. The molecule has 0 unspecified atom stereocenters. The van der Waals surface area contributed by atoms with E-state index in [-0.39, 0.29) is 23.8 Å². The molecule has 0 spiro atoms. The van der Waals surface area contributed by atoms with Crippen LogP contribution in [0.2, 0.25) is 0 Å². The van der Waals surface area contributed by atoms with Crippen molar-refractivity contribution < 1.29 is 18.0 Å². The van der Waals surface area contributed by atoms with E-state index in [1.807, 2.05) is 18.2 Å². The number of para-hydroxylation sites is 1. The lowest BCUT2D eigenvalue weighted by Crippen LogP contribution is -2.31. The van der Waals surface area contributed by atoms with E-state index < -0.39 is 16.1 Å². The minimum Gasteiger partial charge on any atom is -0.337 e.